The molecule has 1 atom stereocenters. The summed E-state index contributed by atoms with van der Waals surface area (Å²) in [6.45, 7) is 1.89. The van der Waals surface area contributed by atoms with Crippen molar-refractivity contribution in [1.82, 2.24) is 15.5 Å². The third kappa shape index (κ3) is 3.22. The van der Waals surface area contributed by atoms with E-state index in [1.165, 1.54) is 0 Å². The highest BCUT2D eigenvalue weighted by Gasteiger charge is 2.34. The predicted molar refractivity (Wildman–Crippen MR) is 85.2 cm³/mol. The van der Waals surface area contributed by atoms with Crippen molar-refractivity contribution >= 4 is 29.4 Å². The number of imide groups is 1. The van der Waals surface area contributed by atoms with Crippen LogP contribution >= 0.6 is 0 Å². The van der Waals surface area contributed by atoms with Gasteiger partial charge in [0.1, 0.15) is 6.54 Å². The molecule has 0 aliphatic carbocycles. The summed E-state index contributed by atoms with van der Waals surface area (Å²) < 4.78 is 0. The molecular formula is C16H18N4O4. The largest absolute Gasteiger partial charge is 0.349 e. The zero-order valence-corrected chi connectivity index (χ0v) is 13.2. The van der Waals surface area contributed by atoms with Crippen LogP contribution in [0.25, 0.3) is 0 Å². The van der Waals surface area contributed by atoms with Crippen molar-refractivity contribution in [2.24, 2.45) is 0 Å². The first-order valence-corrected chi connectivity index (χ1v) is 7.68. The van der Waals surface area contributed by atoms with Crippen molar-refractivity contribution in [3.05, 3.63) is 29.8 Å². The number of carbonyl (C=O) groups excluding carboxylic acids is 4. The normalized spacial score (nSPS) is 20.5. The van der Waals surface area contributed by atoms with Crippen LogP contribution in [-0.4, -0.2) is 54.3 Å². The maximum atomic E-state index is 12.2. The average molecular weight is 330 g/mol. The minimum atomic E-state index is -0.570. The number of nitrogens with one attached hydrogen (secondary N) is 2. The first kappa shape index (κ1) is 16.0. The van der Waals surface area contributed by atoms with Crippen molar-refractivity contribution in [2.75, 3.05) is 24.5 Å². The van der Waals surface area contributed by atoms with E-state index >= 15 is 0 Å². The molecule has 1 unspecified atom stereocenters. The fourth-order valence-corrected chi connectivity index (χ4v) is 2.88. The average Bonchev–Trinajstić information content (AvgIpc) is 3.04. The van der Waals surface area contributed by atoms with Gasteiger partial charge in [-0.3, -0.25) is 19.3 Å². The Bertz CT molecular complexity index is 702. The van der Waals surface area contributed by atoms with Crippen LogP contribution in [0.15, 0.2) is 24.3 Å². The van der Waals surface area contributed by atoms with Gasteiger partial charge in [-0.1, -0.05) is 12.1 Å². The monoisotopic (exact) mass is 330 g/mol. The van der Waals surface area contributed by atoms with E-state index < -0.39 is 17.8 Å². The van der Waals surface area contributed by atoms with E-state index in [0.717, 1.165) is 16.2 Å². The lowest BCUT2D eigenvalue weighted by Crippen LogP contribution is -2.45. The van der Waals surface area contributed by atoms with Gasteiger partial charge in [0.05, 0.1) is 12.6 Å². The zero-order chi connectivity index (χ0) is 17.3. The lowest BCUT2D eigenvalue weighted by Gasteiger charge is -2.18. The zero-order valence-electron chi connectivity index (χ0n) is 13.2. The Labute approximate surface area is 138 Å². The number of urea groups is 1. The molecule has 126 valence electrons. The van der Waals surface area contributed by atoms with Gasteiger partial charge < -0.3 is 15.5 Å². The van der Waals surface area contributed by atoms with Crippen LogP contribution < -0.4 is 15.5 Å². The predicted octanol–water partition coefficient (Wildman–Crippen LogP) is -0.232. The standard InChI is InChI=1S/C16H18N4O4/c1-10-3-2-4-12(5-10)19-8-11(6-14(19)22)18-13(21)9-20-15(23)7-17-16(20)24/h2-5,11H,6-9H2,1H3,(H,17,24)(H,18,21). The molecule has 2 saturated heterocycles. The molecule has 1 aromatic rings. The van der Waals surface area contributed by atoms with Gasteiger partial charge in [0, 0.05) is 18.7 Å². The lowest BCUT2D eigenvalue weighted by molar-refractivity contribution is -0.131. The first-order chi connectivity index (χ1) is 11.4. The Hall–Kier alpha value is -2.90. The van der Waals surface area contributed by atoms with Gasteiger partial charge in [0.2, 0.25) is 11.8 Å². The molecule has 2 aliphatic heterocycles. The number of anilines is 1. The summed E-state index contributed by atoms with van der Waals surface area (Å²) in [6, 6.07) is 6.67. The van der Waals surface area contributed by atoms with Gasteiger partial charge in [0.15, 0.2) is 0 Å². The minimum absolute atomic E-state index is 0.0686. The smallest absolute Gasteiger partial charge is 0.325 e. The molecule has 3 rings (SSSR count). The highest BCUT2D eigenvalue weighted by Crippen LogP contribution is 2.22. The van der Waals surface area contributed by atoms with Crippen LogP contribution in [0.3, 0.4) is 0 Å². The lowest BCUT2D eigenvalue weighted by atomic mass is 10.2. The summed E-state index contributed by atoms with van der Waals surface area (Å²) in [5.41, 5.74) is 1.84. The van der Waals surface area contributed by atoms with Crippen LogP contribution in [0.1, 0.15) is 12.0 Å². The van der Waals surface area contributed by atoms with Crippen LogP contribution in [-0.2, 0) is 14.4 Å². The fraction of sp³-hybridized carbons (Fsp3) is 0.375. The Morgan fingerprint density at radius 2 is 2.08 bits per heavy atom. The Morgan fingerprint density at radius 1 is 1.29 bits per heavy atom. The molecule has 2 N–H and O–H groups in total. The molecule has 0 spiro atoms. The SMILES string of the molecule is Cc1cccc(N2CC(NC(=O)CN3C(=O)CNC3=O)CC2=O)c1. The van der Waals surface area contributed by atoms with Crippen LogP contribution in [0, 0.1) is 6.92 Å². The molecule has 8 heteroatoms. The van der Waals surface area contributed by atoms with Gasteiger partial charge in [-0.25, -0.2) is 4.79 Å². The van der Waals surface area contributed by atoms with Gasteiger partial charge in [-0.2, -0.15) is 0 Å². The third-order valence-electron chi connectivity index (χ3n) is 4.04. The van der Waals surface area contributed by atoms with E-state index in [1.807, 2.05) is 31.2 Å². The number of hydrogen-bond donors (Lipinski definition) is 2. The second-order valence-corrected chi connectivity index (χ2v) is 5.95. The third-order valence-corrected chi connectivity index (χ3v) is 4.04. The molecule has 0 aromatic heterocycles. The van der Waals surface area contributed by atoms with Crippen molar-refractivity contribution in [2.45, 2.75) is 19.4 Å². The van der Waals surface area contributed by atoms with Gasteiger partial charge in [0.25, 0.3) is 5.91 Å². The second-order valence-electron chi connectivity index (χ2n) is 5.95. The topological polar surface area (TPSA) is 98.8 Å². The highest BCUT2D eigenvalue weighted by atomic mass is 16.2. The maximum absolute atomic E-state index is 12.2. The van der Waals surface area contributed by atoms with Gasteiger partial charge in [-0.15, -0.1) is 0 Å². The van der Waals surface area contributed by atoms with Crippen molar-refractivity contribution in [3.63, 3.8) is 0 Å². The number of rotatable bonds is 4. The van der Waals surface area contributed by atoms with E-state index in [1.54, 1.807) is 4.90 Å². The molecule has 0 bridgehead atoms. The van der Waals surface area contributed by atoms with Crippen molar-refractivity contribution < 1.29 is 19.2 Å². The number of nitrogens with zero attached hydrogens (tertiary/aromatic N) is 2. The van der Waals surface area contributed by atoms with Gasteiger partial charge in [-0.05, 0) is 24.6 Å². The number of carbonyl (C=O) groups is 4. The first-order valence-electron chi connectivity index (χ1n) is 7.68. The second kappa shape index (κ2) is 6.31. The summed E-state index contributed by atoms with van der Waals surface area (Å²) in [5.74, 6) is -0.954. The van der Waals surface area contributed by atoms with Crippen molar-refractivity contribution in [3.8, 4) is 0 Å². The summed E-state index contributed by atoms with van der Waals surface area (Å²) in [7, 11) is 0. The van der Waals surface area contributed by atoms with Crippen molar-refractivity contribution in [1.29, 1.82) is 0 Å². The molecular weight excluding hydrogens is 312 g/mol. The number of benzene rings is 1. The molecule has 24 heavy (non-hydrogen) atoms. The molecule has 2 fully saturated rings. The van der Waals surface area contributed by atoms with Crippen LogP contribution in [0.4, 0.5) is 10.5 Å². The summed E-state index contributed by atoms with van der Waals surface area (Å²) in [6.07, 6.45) is 0.194. The minimum Gasteiger partial charge on any atom is -0.349 e. The van der Waals surface area contributed by atoms with Crippen LogP contribution in [0.2, 0.25) is 0 Å². The Morgan fingerprint density at radius 3 is 2.75 bits per heavy atom. The number of amides is 5. The fourth-order valence-electron chi connectivity index (χ4n) is 2.88. The quantitative estimate of drug-likeness (QED) is 0.745. The summed E-state index contributed by atoms with van der Waals surface area (Å²) >= 11 is 0. The van der Waals surface area contributed by atoms with Crippen LogP contribution in [0.5, 0.6) is 0 Å². The molecule has 0 radical (unpaired) electrons. The summed E-state index contributed by atoms with van der Waals surface area (Å²) in [4.78, 5) is 49.6. The number of aryl methyl sites for hydroxylation is 1. The maximum Gasteiger partial charge on any atom is 0.325 e. The molecule has 0 saturated carbocycles. The van der Waals surface area contributed by atoms with E-state index in [-0.39, 0.29) is 31.5 Å². The summed E-state index contributed by atoms with van der Waals surface area (Å²) in [5, 5.41) is 5.07. The van der Waals surface area contributed by atoms with Gasteiger partial charge >= 0.3 is 6.03 Å². The van der Waals surface area contributed by atoms with E-state index in [0.29, 0.717) is 6.54 Å². The molecule has 5 amide bonds. The molecule has 8 nitrogen and oxygen atoms in total. The number of hydrogen-bond acceptors (Lipinski definition) is 4. The van der Waals surface area contributed by atoms with E-state index in [2.05, 4.69) is 10.6 Å². The Balaban J connectivity index is 1.59. The molecule has 2 heterocycles. The molecule has 1 aromatic carbocycles. The van der Waals surface area contributed by atoms with E-state index in [4.69, 9.17) is 0 Å². The van der Waals surface area contributed by atoms with E-state index in [9.17, 15) is 19.2 Å². The highest BCUT2D eigenvalue weighted by molar-refractivity contribution is 6.04. The molecule has 2 aliphatic rings. The Kier molecular flexibility index (Phi) is 4.20.